The number of rotatable bonds is 2. The van der Waals surface area contributed by atoms with Crippen molar-refractivity contribution >= 4 is 11.9 Å². The van der Waals surface area contributed by atoms with Crippen LogP contribution in [0.4, 0.5) is 0 Å². The molecule has 1 aliphatic heterocycles. The summed E-state index contributed by atoms with van der Waals surface area (Å²) >= 11 is 0. The van der Waals surface area contributed by atoms with Gasteiger partial charge in [-0.25, -0.2) is 0 Å². The van der Waals surface area contributed by atoms with Crippen LogP contribution in [0.2, 0.25) is 0 Å². The molecule has 98 valence electrons. The van der Waals surface area contributed by atoms with Crippen molar-refractivity contribution in [1.29, 1.82) is 0 Å². The molecule has 6 heteroatoms. The molecule has 1 fully saturated rings. The van der Waals surface area contributed by atoms with Gasteiger partial charge in [-0.1, -0.05) is 0 Å². The molecule has 1 amide bonds. The van der Waals surface area contributed by atoms with Gasteiger partial charge >= 0.3 is 5.97 Å². The van der Waals surface area contributed by atoms with Crippen LogP contribution >= 0.6 is 0 Å². The molecule has 18 heavy (non-hydrogen) atoms. The van der Waals surface area contributed by atoms with Crippen LogP contribution in [0, 0.1) is 12.8 Å². The van der Waals surface area contributed by atoms with Crippen molar-refractivity contribution in [3.05, 3.63) is 17.5 Å². The quantitative estimate of drug-likeness (QED) is 0.838. The maximum absolute atomic E-state index is 12.3. The molecule has 2 heterocycles. The molecule has 1 aromatic heterocycles. The second kappa shape index (κ2) is 4.80. The molecule has 0 radical (unpaired) electrons. The average molecular weight is 251 g/mol. The fraction of sp³-hybridized carbons (Fsp3) is 0.583. The van der Waals surface area contributed by atoms with Gasteiger partial charge in [0, 0.05) is 26.3 Å². The Labute approximate surface area is 105 Å². The van der Waals surface area contributed by atoms with Crippen molar-refractivity contribution in [2.45, 2.75) is 19.8 Å². The van der Waals surface area contributed by atoms with Gasteiger partial charge in [-0.15, -0.1) is 0 Å². The molecule has 0 saturated carbocycles. The number of amides is 1. The molecule has 0 aliphatic carbocycles. The number of likely N-dealkylation sites (tertiary alicyclic amines) is 1. The molecule has 1 saturated heterocycles. The molecule has 2 rings (SSSR count). The second-order valence-corrected chi connectivity index (χ2v) is 4.73. The number of carboxylic acid groups (broad SMARTS) is 1. The Morgan fingerprint density at radius 1 is 1.50 bits per heavy atom. The van der Waals surface area contributed by atoms with Crippen LogP contribution in [0.15, 0.2) is 6.20 Å². The largest absolute Gasteiger partial charge is 0.481 e. The van der Waals surface area contributed by atoms with E-state index in [2.05, 4.69) is 5.10 Å². The maximum atomic E-state index is 12.3. The van der Waals surface area contributed by atoms with E-state index in [9.17, 15) is 9.59 Å². The van der Waals surface area contributed by atoms with Crippen LogP contribution in [0.25, 0.3) is 0 Å². The lowest BCUT2D eigenvalue weighted by molar-refractivity contribution is -0.143. The number of hydrogen-bond donors (Lipinski definition) is 1. The Kier molecular flexibility index (Phi) is 3.36. The van der Waals surface area contributed by atoms with Crippen molar-refractivity contribution in [3.8, 4) is 0 Å². The summed E-state index contributed by atoms with van der Waals surface area (Å²) < 4.78 is 1.60. The number of piperidine rings is 1. The van der Waals surface area contributed by atoms with E-state index in [-0.39, 0.29) is 5.91 Å². The van der Waals surface area contributed by atoms with E-state index in [1.807, 2.05) is 0 Å². The number of carbonyl (C=O) groups is 2. The van der Waals surface area contributed by atoms with E-state index in [0.717, 1.165) is 6.42 Å². The van der Waals surface area contributed by atoms with Gasteiger partial charge in [0.15, 0.2) is 0 Å². The van der Waals surface area contributed by atoms with Crippen LogP contribution in [-0.2, 0) is 11.8 Å². The van der Waals surface area contributed by atoms with Crippen molar-refractivity contribution in [1.82, 2.24) is 14.7 Å². The van der Waals surface area contributed by atoms with Gasteiger partial charge in [-0.2, -0.15) is 5.10 Å². The molecule has 1 atom stereocenters. The SMILES string of the molecule is Cc1nn(C)cc1C(=O)N1CCC[C@H](C(=O)O)C1. The van der Waals surface area contributed by atoms with E-state index in [1.165, 1.54) is 0 Å². The van der Waals surface area contributed by atoms with E-state index in [4.69, 9.17) is 5.11 Å². The topological polar surface area (TPSA) is 75.4 Å². The van der Waals surface area contributed by atoms with Gasteiger partial charge in [-0.05, 0) is 19.8 Å². The predicted molar refractivity (Wildman–Crippen MR) is 64.2 cm³/mol. The summed E-state index contributed by atoms with van der Waals surface area (Å²) in [6.45, 7) is 2.70. The average Bonchev–Trinajstić information content (AvgIpc) is 2.67. The molecular weight excluding hydrogens is 234 g/mol. The first-order chi connectivity index (χ1) is 8.49. The number of nitrogens with zero attached hydrogens (tertiary/aromatic N) is 3. The third kappa shape index (κ3) is 2.37. The lowest BCUT2D eigenvalue weighted by atomic mass is 9.98. The molecule has 1 aliphatic rings. The summed E-state index contributed by atoms with van der Waals surface area (Å²) in [6.07, 6.45) is 3.06. The smallest absolute Gasteiger partial charge is 0.308 e. The van der Waals surface area contributed by atoms with Crippen molar-refractivity contribution < 1.29 is 14.7 Å². The zero-order valence-corrected chi connectivity index (χ0v) is 10.6. The monoisotopic (exact) mass is 251 g/mol. The number of carbonyl (C=O) groups excluding carboxylic acids is 1. The van der Waals surface area contributed by atoms with E-state index < -0.39 is 11.9 Å². The zero-order chi connectivity index (χ0) is 13.3. The highest BCUT2D eigenvalue weighted by molar-refractivity contribution is 5.95. The number of aryl methyl sites for hydroxylation is 2. The number of hydrogen-bond acceptors (Lipinski definition) is 3. The minimum atomic E-state index is -0.824. The second-order valence-electron chi connectivity index (χ2n) is 4.73. The Morgan fingerprint density at radius 3 is 2.78 bits per heavy atom. The highest BCUT2D eigenvalue weighted by Gasteiger charge is 2.29. The fourth-order valence-corrected chi connectivity index (χ4v) is 2.34. The Morgan fingerprint density at radius 2 is 2.22 bits per heavy atom. The maximum Gasteiger partial charge on any atom is 0.308 e. The highest BCUT2D eigenvalue weighted by Crippen LogP contribution is 2.19. The number of carboxylic acids is 1. The van der Waals surface area contributed by atoms with Crippen molar-refractivity contribution in [2.75, 3.05) is 13.1 Å². The number of aliphatic carboxylic acids is 1. The summed E-state index contributed by atoms with van der Waals surface area (Å²) in [5.74, 6) is -1.39. The van der Waals surface area contributed by atoms with E-state index >= 15 is 0 Å². The third-order valence-electron chi connectivity index (χ3n) is 3.30. The summed E-state index contributed by atoms with van der Waals surface area (Å²) in [5, 5.41) is 13.1. The minimum absolute atomic E-state index is 0.119. The standard InChI is InChI=1S/C12H17N3O3/c1-8-10(7-14(2)13-8)11(16)15-5-3-4-9(6-15)12(17)18/h7,9H,3-6H2,1-2H3,(H,17,18)/t9-/m0/s1. The van der Waals surface area contributed by atoms with Crippen LogP contribution in [0.1, 0.15) is 28.9 Å². The molecule has 0 bridgehead atoms. The molecule has 0 aromatic carbocycles. The van der Waals surface area contributed by atoms with Crippen LogP contribution in [0.5, 0.6) is 0 Å². The Bertz CT molecular complexity index is 481. The predicted octanol–water partition coefficient (Wildman–Crippen LogP) is 0.665. The van der Waals surface area contributed by atoms with Gasteiger partial charge in [0.1, 0.15) is 0 Å². The van der Waals surface area contributed by atoms with Gasteiger partial charge in [-0.3, -0.25) is 14.3 Å². The highest BCUT2D eigenvalue weighted by atomic mass is 16.4. The molecule has 1 N–H and O–H groups in total. The molecule has 1 aromatic rings. The summed E-state index contributed by atoms with van der Waals surface area (Å²) in [5.41, 5.74) is 1.24. The normalized spacial score (nSPS) is 19.9. The Balaban J connectivity index is 2.14. The first-order valence-electron chi connectivity index (χ1n) is 6.01. The molecule has 0 spiro atoms. The van der Waals surface area contributed by atoms with Gasteiger partial charge in [0.25, 0.3) is 5.91 Å². The zero-order valence-electron chi connectivity index (χ0n) is 10.6. The summed E-state index contributed by atoms with van der Waals surface area (Å²) in [4.78, 5) is 24.9. The first-order valence-corrected chi connectivity index (χ1v) is 6.01. The van der Waals surface area contributed by atoms with Crippen molar-refractivity contribution in [2.24, 2.45) is 13.0 Å². The molecule has 6 nitrogen and oxygen atoms in total. The van der Waals surface area contributed by atoms with Crippen LogP contribution < -0.4 is 0 Å². The Hall–Kier alpha value is -1.85. The van der Waals surface area contributed by atoms with Crippen LogP contribution in [0.3, 0.4) is 0 Å². The first kappa shape index (κ1) is 12.6. The lowest BCUT2D eigenvalue weighted by Crippen LogP contribution is -2.42. The van der Waals surface area contributed by atoms with Crippen LogP contribution in [-0.4, -0.2) is 44.8 Å². The van der Waals surface area contributed by atoms with Gasteiger partial charge < -0.3 is 10.0 Å². The van der Waals surface area contributed by atoms with Gasteiger partial charge in [0.2, 0.25) is 0 Å². The molecular formula is C12H17N3O3. The van der Waals surface area contributed by atoms with E-state index in [0.29, 0.717) is 30.8 Å². The van der Waals surface area contributed by atoms with E-state index in [1.54, 1.807) is 29.7 Å². The molecule has 0 unspecified atom stereocenters. The summed E-state index contributed by atoms with van der Waals surface area (Å²) in [7, 11) is 1.76. The fourth-order valence-electron chi connectivity index (χ4n) is 2.34. The minimum Gasteiger partial charge on any atom is -0.481 e. The third-order valence-corrected chi connectivity index (χ3v) is 3.30. The van der Waals surface area contributed by atoms with Gasteiger partial charge in [0.05, 0.1) is 17.2 Å². The lowest BCUT2D eigenvalue weighted by Gasteiger charge is -2.30. The number of aromatic nitrogens is 2. The summed E-state index contributed by atoms with van der Waals surface area (Å²) in [6, 6.07) is 0. The van der Waals surface area contributed by atoms with Crippen molar-refractivity contribution in [3.63, 3.8) is 0 Å².